The molecule has 1 fully saturated rings. The van der Waals surface area contributed by atoms with Crippen LogP contribution in [0.4, 0.5) is 0 Å². The van der Waals surface area contributed by atoms with Crippen LogP contribution in [0.2, 0.25) is 0 Å². The summed E-state index contributed by atoms with van der Waals surface area (Å²) in [7, 11) is 0. The van der Waals surface area contributed by atoms with Crippen LogP contribution in [0.25, 0.3) is 0 Å². The van der Waals surface area contributed by atoms with E-state index in [1.54, 1.807) is 0 Å². The molecule has 1 saturated heterocycles. The lowest BCUT2D eigenvalue weighted by atomic mass is 9.92. The van der Waals surface area contributed by atoms with E-state index in [2.05, 4.69) is 26.1 Å². The lowest BCUT2D eigenvalue weighted by Gasteiger charge is -2.32. The van der Waals surface area contributed by atoms with E-state index in [9.17, 15) is 0 Å². The van der Waals surface area contributed by atoms with Gasteiger partial charge in [0, 0.05) is 0 Å². The Bertz CT molecular complexity index is 117. The van der Waals surface area contributed by atoms with E-state index in [-0.39, 0.29) is 0 Å². The minimum Gasteiger partial charge on any atom is -0.376 e. The van der Waals surface area contributed by atoms with Crippen molar-refractivity contribution in [3.05, 3.63) is 0 Å². The molecule has 0 spiro atoms. The Hall–Kier alpha value is -0.0800. The van der Waals surface area contributed by atoms with E-state index < -0.39 is 0 Å². The second-order valence-corrected chi connectivity index (χ2v) is 3.90. The Morgan fingerprint density at radius 3 is 2.33 bits per heavy atom. The molecule has 1 N–H and O–H groups in total. The quantitative estimate of drug-likeness (QED) is 0.699. The SMILES string of the molecule is CCNCC1C[C@@H](C)O[C@@H](C)C1. The molecule has 3 atom stereocenters. The van der Waals surface area contributed by atoms with Crippen molar-refractivity contribution in [2.75, 3.05) is 13.1 Å². The van der Waals surface area contributed by atoms with Gasteiger partial charge in [0.2, 0.25) is 0 Å². The maximum atomic E-state index is 5.67. The molecule has 12 heavy (non-hydrogen) atoms. The molecule has 0 amide bonds. The minimum absolute atomic E-state index is 0.456. The Balaban J connectivity index is 2.24. The largest absolute Gasteiger partial charge is 0.376 e. The first-order chi connectivity index (χ1) is 5.72. The van der Waals surface area contributed by atoms with Crippen molar-refractivity contribution in [3.8, 4) is 0 Å². The maximum absolute atomic E-state index is 5.67. The summed E-state index contributed by atoms with van der Waals surface area (Å²) < 4.78 is 5.67. The Morgan fingerprint density at radius 2 is 1.83 bits per heavy atom. The van der Waals surface area contributed by atoms with Crippen molar-refractivity contribution >= 4 is 0 Å². The summed E-state index contributed by atoms with van der Waals surface area (Å²) in [5.41, 5.74) is 0. The van der Waals surface area contributed by atoms with Gasteiger partial charge in [-0.25, -0.2) is 0 Å². The van der Waals surface area contributed by atoms with E-state index in [1.807, 2.05) is 0 Å². The molecular formula is C10H21NO. The van der Waals surface area contributed by atoms with Crippen molar-refractivity contribution < 1.29 is 4.74 Å². The van der Waals surface area contributed by atoms with Crippen LogP contribution in [0, 0.1) is 5.92 Å². The van der Waals surface area contributed by atoms with E-state index in [0.717, 1.165) is 19.0 Å². The van der Waals surface area contributed by atoms with Crippen LogP contribution in [0.15, 0.2) is 0 Å². The Kier molecular flexibility index (Phi) is 4.02. The summed E-state index contributed by atoms with van der Waals surface area (Å²) >= 11 is 0. The smallest absolute Gasteiger partial charge is 0.0553 e. The predicted molar refractivity (Wildman–Crippen MR) is 51.3 cm³/mol. The van der Waals surface area contributed by atoms with E-state index in [4.69, 9.17) is 4.74 Å². The van der Waals surface area contributed by atoms with Crippen LogP contribution < -0.4 is 5.32 Å². The van der Waals surface area contributed by atoms with Gasteiger partial charge in [-0.3, -0.25) is 0 Å². The minimum atomic E-state index is 0.456. The molecule has 0 aromatic carbocycles. The molecule has 1 heterocycles. The maximum Gasteiger partial charge on any atom is 0.0553 e. The Labute approximate surface area is 75.7 Å². The van der Waals surface area contributed by atoms with Crippen LogP contribution in [0.1, 0.15) is 33.6 Å². The molecule has 1 unspecified atom stereocenters. The first-order valence-corrected chi connectivity index (χ1v) is 5.08. The van der Waals surface area contributed by atoms with Crippen LogP contribution in [0.5, 0.6) is 0 Å². The highest BCUT2D eigenvalue weighted by Gasteiger charge is 2.23. The van der Waals surface area contributed by atoms with Gasteiger partial charge in [-0.05, 0) is 45.7 Å². The summed E-state index contributed by atoms with van der Waals surface area (Å²) in [4.78, 5) is 0. The average molecular weight is 171 g/mol. The van der Waals surface area contributed by atoms with Crippen LogP contribution >= 0.6 is 0 Å². The number of rotatable bonds is 3. The molecule has 1 aliphatic heterocycles. The van der Waals surface area contributed by atoms with Gasteiger partial charge in [-0.1, -0.05) is 6.92 Å². The van der Waals surface area contributed by atoms with E-state index in [0.29, 0.717) is 12.2 Å². The summed E-state index contributed by atoms with van der Waals surface area (Å²) in [6, 6.07) is 0. The van der Waals surface area contributed by atoms with Crippen molar-refractivity contribution in [1.29, 1.82) is 0 Å². The molecule has 0 bridgehead atoms. The van der Waals surface area contributed by atoms with Crippen molar-refractivity contribution in [3.63, 3.8) is 0 Å². The van der Waals surface area contributed by atoms with Gasteiger partial charge >= 0.3 is 0 Å². The van der Waals surface area contributed by atoms with Crippen molar-refractivity contribution in [2.45, 2.75) is 45.8 Å². The van der Waals surface area contributed by atoms with Gasteiger partial charge in [0.1, 0.15) is 0 Å². The third kappa shape index (κ3) is 3.11. The topological polar surface area (TPSA) is 21.3 Å². The van der Waals surface area contributed by atoms with Gasteiger partial charge in [-0.2, -0.15) is 0 Å². The fourth-order valence-electron chi connectivity index (χ4n) is 2.06. The van der Waals surface area contributed by atoms with Crippen LogP contribution in [0.3, 0.4) is 0 Å². The summed E-state index contributed by atoms with van der Waals surface area (Å²) in [6.07, 6.45) is 3.35. The molecule has 0 aliphatic carbocycles. The van der Waals surface area contributed by atoms with Gasteiger partial charge in [-0.15, -0.1) is 0 Å². The highest BCUT2D eigenvalue weighted by Crippen LogP contribution is 2.23. The molecule has 1 rings (SSSR count). The molecule has 0 saturated carbocycles. The molecule has 1 aliphatic rings. The summed E-state index contributed by atoms with van der Waals surface area (Å²) in [6.45, 7) is 8.75. The zero-order valence-corrected chi connectivity index (χ0v) is 8.47. The molecule has 2 heteroatoms. The molecular weight excluding hydrogens is 150 g/mol. The average Bonchev–Trinajstić information content (AvgIpc) is 1.99. The Morgan fingerprint density at radius 1 is 1.25 bits per heavy atom. The van der Waals surface area contributed by atoms with Gasteiger partial charge in [0.15, 0.2) is 0 Å². The van der Waals surface area contributed by atoms with Crippen molar-refractivity contribution in [1.82, 2.24) is 5.32 Å². The third-order valence-electron chi connectivity index (χ3n) is 2.48. The molecule has 2 nitrogen and oxygen atoms in total. The fraction of sp³-hybridized carbons (Fsp3) is 1.00. The fourth-order valence-corrected chi connectivity index (χ4v) is 2.06. The van der Waals surface area contributed by atoms with Gasteiger partial charge in [0.25, 0.3) is 0 Å². The molecule has 72 valence electrons. The zero-order chi connectivity index (χ0) is 8.97. The lowest BCUT2D eigenvalue weighted by molar-refractivity contribution is -0.0514. The second kappa shape index (κ2) is 4.83. The first kappa shape index (κ1) is 10.0. The highest BCUT2D eigenvalue weighted by atomic mass is 16.5. The predicted octanol–water partition coefficient (Wildman–Crippen LogP) is 1.80. The first-order valence-electron chi connectivity index (χ1n) is 5.08. The number of hydrogen-bond acceptors (Lipinski definition) is 2. The second-order valence-electron chi connectivity index (χ2n) is 3.90. The summed E-state index contributed by atoms with van der Waals surface area (Å²) in [5, 5.41) is 3.40. The van der Waals surface area contributed by atoms with Gasteiger partial charge < -0.3 is 10.1 Å². The van der Waals surface area contributed by atoms with E-state index in [1.165, 1.54) is 12.8 Å². The lowest BCUT2D eigenvalue weighted by Crippen LogP contribution is -2.34. The van der Waals surface area contributed by atoms with Crippen LogP contribution in [-0.4, -0.2) is 25.3 Å². The highest BCUT2D eigenvalue weighted by molar-refractivity contribution is 4.74. The summed E-state index contributed by atoms with van der Waals surface area (Å²) in [5.74, 6) is 0.823. The molecule has 0 radical (unpaired) electrons. The number of hydrogen-bond donors (Lipinski definition) is 1. The number of nitrogens with one attached hydrogen (secondary N) is 1. The van der Waals surface area contributed by atoms with E-state index >= 15 is 0 Å². The normalized spacial score (nSPS) is 36.8. The zero-order valence-electron chi connectivity index (χ0n) is 8.47. The monoisotopic (exact) mass is 171 g/mol. The third-order valence-corrected chi connectivity index (χ3v) is 2.48. The van der Waals surface area contributed by atoms with Gasteiger partial charge in [0.05, 0.1) is 12.2 Å². The number of ether oxygens (including phenoxy) is 1. The van der Waals surface area contributed by atoms with Crippen LogP contribution in [-0.2, 0) is 4.74 Å². The van der Waals surface area contributed by atoms with Crippen molar-refractivity contribution in [2.24, 2.45) is 5.92 Å². The molecule has 0 aromatic rings. The molecule has 0 aromatic heterocycles. The standard InChI is InChI=1S/C10H21NO/c1-4-11-7-10-5-8(2)12-9(3)6-10/h8-11H,4-7H2,1-3H3/t8-,9+,10?.